The summed E-state index contributed by atoms with van der Waals surface area (Å²) in [5, 5.41) is 45.0. The highest BCUT2D eigenvalue weighted by atomic mass is 16.4. The van der Waals surface area contributed by atoms with Crippen LogP contribution in [0.25, 0.3) is 0 Å². The molecule has 0 saturated carbocycles. The molecule has 2 heterocycles. The van der Waals surface area contributed by atoms with Gasteiger partial charge in [0.05, 0.1) is 0 Å². The monoisotopic (exact) mass is 428 g/mol. The third kappa shape index (κ3) is 10.3. The SMILES string of the molecule is C.CC(C(=O)[O-])[n+]1cc(O)ccc1CO.CC(N)C(=O)O.O=Cc1ccc(CO)o1. The number of carbonyl (C=O) groups excluding carboxylic acids is 2. The van der Waals surface area contributed by atoms with Crippen molar-refractivity contribution < 1.29 is 48.9 Å². The lowest BCUT2D eigenvalue weighted by molar-refractivity contribution is -0.721. The number of furan rings is 1. The normalized spacial score (nSPS) is 11.4. The van der Waals surface area contributed by atoms with Crippen LogP contribution in [0.5, 0.6) is 5.75 Å². The molecule has 2 rings (SSSR count). The van der Waals surface area contributed by atoms with E-state index in [-0.39, 0.29) is 32.2 Å². The van der Waals surface area contributed by atoms with Gasteiger partial charge in [0.2, 0.25) is 11.9 Å². The number of nitrogens with zero attached hydrogens (tertiary/aromatic N) is 1. The second kappa shape index (κ2) is 14.7. The maximum atomic E-state index is 10.6. The first-order valence-electron chi connectivity index (χ1n) is 8.25. The van der Waals surface area contributed by atoms with Gasteiger partial charge >= 0.3 is 5.97 Å². The fraction of sp³-hybridized carbons (Fsp3) is 0.368. The van der Waals surface area contributed by atoms with E-state index in [4.69, 9.17) is 30.6 Å². The van der Waals surface area contributed by atoms with Gasteiger partial charge in [-0.2, -0.15) is 4.57 Å². The molecule has 30 heavy (non-hydrogen) atoms. The van der Waals surface area contributed by atoms with E-state index in [1.54, 1.807) is 6.07 Å². The summed E-state index contributed by atoms with van der Waals surface area (Å²) in [4.78, 5) is 30.1. The van der Waals surface area contributed by atoms with Gasteiger partial charge in [-0.05, 0) is 25.1 Å². The number of aliphatic hydroxyl groups excluding tert-OH is 2. The van der Waals surface area contributed by atoms with Crippen LogP contribution in [-0.4, -0.2) is 44.7 Å². The van der Waals surface area contributed by atoms with Gasteiger partial charge in [-0.25, -0.2) is 0 Å². The lowest BCUT2D eigenvalue weighted by Crippen LogP contribution is -2.50. The highest BCUT2D eigenvalue weighted by Crippen LogP contribution is 2.07. The number of nitrogens with two attached hydrogens (primary N) is 1. The fourth-order valence-corrected chi connectivity index (χ4v) is 1.69. The molecule has 2 atom stereocenters. The van der Waals surface area contributed by atoms with E-state index in [9.17, 15) is 19.5 Å². The van der Waals surface area contributed by atoms with Crippen LogP contribution in [0.2, 0.25) is 0 Å². The predicted molar refractivity (Wildman–Crippen MR) is 102 cm³/mol. The van der Waals surface area contributed by atoms with Crippen molar-refractivity contribution >= 4 is 18.2 Å². The minimum absolute atomic E-state index is 0. The van der Waals surface area contributed by atoms with Crippen molar-refractivity contribution in [1.29, 1.82) is 0 Å². The van der Waals surface area contributed by atoms with Gasteiger partial charge in [-0.3, -0.25) is 9.59 Å². The molecule has 2 aromatic rings. The second-order valence-corrected chi connectivity index (χ2v) is 5.65. The molecule has 2 aromatic heterocycles. The van der Waals surface area contributed by atoms with Gasteiger partial charge in [0.25, 0.3) is 0 Å². The van der Waals surface area contributed by atoms with Crippen LogP contribution in [-0.2, 0) is 22.8 Å². The number of aromatic nitrogens is 1. The van der Waals surface area contributed by atoms with E-state index >= 15 is 0 Å². The van der Waals surface area contributed by atoms with Gasteiger partial charge in [-0.1, -0.05) is 7.43 Å². The summed E-state index contributed by atoms with van der Waals surface area (Å²) >= 11 is 0. The number of hydrogen-bond acceptors (Lipinski definition) is 9. The molecule has 0 aliphatic carbocycles. The number of aliphatic carboxylic acids is 2. The molecule has 0 aromatic carbocycles. The lowest BCUT2D eigenvalue weighted by Gasteiger charge is -2.10. The predicted octanol–water partition coefficient (Wildman–Crippen LogP) is -0.878. The number of carboxylic acid groups (broad SMARTS) is 2. The van der Waals surface area contributed by atoms with Gasteiger partial charge in [0, 0.05) is 13.0 Å². The van der Waals surface area contributed by atoms with E-state index in [1.165, 1.54) is 42.8 Å². The quantitative estimate of drug-likeness (QED) is 0.284. The van der Waals surface area contributed by atoms with Crippen LogP contribution in [0.3, 0.4) is 0 Å². The van der Waals surface area contributed by atoms with Crippen LogP contribution in [0.1, 0.15) is 49.3 Å². The smallest absolute Gasteiger partial charge is 0.320 e. The summed E-state index contributed by atoms with van der Waals surface area (Å²) in [6, 6.07) is 4.25. The number of rotatable bonds is 6. The summed E-state index contributed by atoms with van der Waals surface area (Å²) in [5.74, 6) is -1.63. The Kier molecular flexibility index (Phi) is 14.2. The molecular weight excluding hydrogens is 400 g/mol. The van der Waals surface area contributed by atoms with Gasteiger partial charge in [0.15, 0.2) is 23.8 Å². The van der Waals surface area contributed by atoms with E-state index < -0.39 is 24.0 Å². The first-order chi connectivity index (χ1) is 13.6. The first kappa shape index (κ1) is 28.9. The number of aliphatic hydroxyl groups is 2. The Morgan fingerprint density at radius 3 is 2.10 bits per heavy atom. The first-order valence-corrected chi connectivity index (χ1v) is 8.25. The zero-order valence-corrected chi connectivity index (χ0v) is 15.9. The number of hydrogen-bond donors (Lipinski definition) is 5. The molecule has 0 aliphatic heterocycles. The molecule has 6 N–H and O–H groups in total. The molecule has 0 amide bonds. The second-order valence-electron chi connectivity index (χ2n) is 5.65. The zero-order valence-electron chi connectivity index (χ0n) is 15.9. The van der Waals surface area contributed by atoms with Crippen molar-refractivity contribution in [2.24, 2.45) is 5.73 Å². The van der Waals surface area contributed by atoms with Crippen molar-refractivity contribution in [2.75, 3.05) is 0 Å². The number of aromatic hydroxyl groups is 1. The zero-order chi connectivity index (χ0) is 22.6. The summed E-state index contributed by atoms with van der Waals surface area (Å²) in [6.45, 7) is 2.38. The van der Waals surface area contributed by atoms with Gasteiger partial charge in [-0.15, -0.1) is 0 Å². The standard InChI is InChI=1S/C9H11NO4.C6H6O3.C3H7NO2.CH4/c1-6(9(13)14)10-4-8(12)3-2-7(10)5-11;7-3-5-1-2-6(4-8)9-5;1-2(4)3(5)6;/h2-4,6,11H,5H2,1H3,(H-,12,13,14);1-3,8H,4H2;2H,4H2,1H3,(H,5,6);1H4. The Hall–Kier alpha value is -3.28. The van der Waals surface area contributed by atoms with E-state index in [0.29, 0.717) is 17.7 Å². The summed E-state index contributed by atoms with van der Waals surface area (Å²) < 4.78 is 6.02. The molecule has 0 fully saturated rings. The number of carbonyl (C=O) groups is 3. The van der Waals surface area contributed by atoms with Crippen LogP contribution < -0.4 is 15.4 Å². The minimum Gasteiger partial charge on any atom is -0.543 e. The number of carboxylic acids is 2. The van der Waals surface area contributed by atoms with E-state index in [1.807, 2.05) is 0 Å². The van der Waals surface area contributed by atoms with Crippen molar-refractivity contribution in [1.82, 2.24) is 0 Å². The molecule has 11 heteroatoms. The lowest BCUT2D eigenvalue weighted by atomic mass is 10.2. The van der Waals surface area contributed by atoms with Crippen LogP contribution in [0.15, 0.2) is 34.9 Å². The van der Waals surface area contributed by atoms with Crippen LogP contribution in [0, 0.1) is 0 Å². The number of pyridine rings is 1. The Morgan fingerprint density at radius 2 is 1.77 bits per heavy atom. The Bertz CT molecular complexity index is 803. The topological polar surface area (TPSA) is 198 Å². The molecule has 11 nitrogen and oxygen atoms in total. The third-order valence-corrected chi connectivity index (χ3v) is 3.31. The minimum atomic E-state index is -1.27. The summed E-state index contributed by atoms with van der Waals surface area (Å²) in [7, 11) is 0. The molecule has 0 radical (unpaired) electrons. The third-order valence-electron chi connectivity index (χ3n) is 3.31. The van der Waals surface area contributed by atoms with Crippen molar-refractivity contribution in [3.63, 3.8) is 0 Å². The summed E-state index contributed by atoms with van der Waals surface area (Å²) in [6.07, 6.45) is 1.84. The van der Waals surface area contributed by atoms with Gasteiger partial charge < -0.3 is 40.5 Å². The molecule has 0 bridgehead atoms. The maximum absolute atomic E-state index is 10.6. The molecule has 2 unspecified atom stereocenters. The summed E-state index contributed by atoms with van der Waals surface area (Å²) in [5.41, 5.74) is 5.24. The van der Waals surface area contributed by atoms with Crippen molar-refractivity contribution in [3.05, 3.63) is 47.7 Å². The number of aldehydes is 1. The van der Waals surface area contributed by atoms with E-state index in [2.05, 4.69) is 0 Å². The Morgan fingerprint density at radius 1 is 1.20 bits per heavy atom. The molecule has 0 aliphatic rings. The Balaban J connectivity index is 0. The Labute approximate surface area is 173 Å². The van der Waals surface area contributed by atoms with Gasteiger partial charge in [0.1, 0.15) is 31.0 Å². The maximum Gasteiger partial charge on any atom is 0.320 e. The van der Waals surface area contributed by atoms with Crippen molar-refractivity contribution in [2.45, 2.75) is 46.6 Å². The molecular formula is C19H28N2O9. The highest BCUT2D eigenvalue weighted by Gasteiger charge is 2.19. The molecule has 168 valence electrons. The average Bonchev–Trinajstić information content (AvgIpc) is 3.16. The van der Waals surface area contributed by atoms with E-state index in [0.717, 1.165) is 0 Å². The fourth-order valence-electron chi connectivity index (χ4n) is 1.69. The molecule has 0 saturated heterocycles. The van der Waals surface area contributed by atoms with Crippen molar-refractivity contribution in [3.8, 4) is 5.75 Å². The van der Waals surface area contributed by atoms with Crippen LogP contribution in [0.4, 0.5) is 0 Å². The van der Waals surface area contributed by atoms with Crippen LogP contribution >= 0.6 is 0 Å². The average molecular weight is 428 g/mol. The molecule has 0 spiro atoms. The largest absolute Gasteiger partial charge is 0.543 e. The highest BCUT2D eigenvalue weighted by molar-refractivity contribution is 5.72.